The molecule has 6 nitrogen and oxygen atoms in total. The van der Waals surface area contributed by atoms with E-state index < -0.39 is 6.04 Å². The highest BCUT2D eigenvalue weighted by Crippen LogP contribution is 2.37. The summed E-state index contributed by atoms with van der Waals surface area (Å²) in [6, 6.07) is 18.0. The van der Waals surface area contributed by atoms with Crippen LogP contribution in [0.4, 0.5) is 11.5 Å². The van der Waals surface area contributed by atoms with Gasteiger partial charge in [0.05, 0.1) is 12.8 Å². The van der Waals surface area contributed by atoms with E-state index in [9.17, 15) is 4.79 Å². The van der Waals surface area contributed by atoms with Crippen molar-refractivity contribution in [3.63, 3.8) is 0 Å². The van der Waals surface area contributed by atoms with Crippen LogP contribution in [0.1, 0.15) is 41.5 Å². The van der Waals surface area contributed by atoms with Gasteiger partial charge < -0.3 is 25.1 Å². The van der Waals surface area contributed by atoms with Crippen LogP contribution in [0.3, 0.4) is 0 Å². The minimum Gasteiger partial charge on any atom is -0.496 e. The number of ether oxygens (including phenoxy) is 1. The Morgan fingerprint density at radius 3 is 2.62 bits per heavy atom. The summed E-state index contributed by atoms with van der Waals surface area (Å²) >= 11 is 0. The number of piperidine rings is 1. The third-order valence-corrected chi connectivity index (χ3v) is 6.82. The Bertz CT molecular complexity index is 1200. The summed E-state index contributed by atoms with van der Waals surface area (Å²) in [4.78, 5) is 19.2. The first-order valence-electron chi connectivity index (χ1n) is 11.8. The molecule has 3 heterocycles. The largest absolute Gasteiger partial charge is 0.496 e. The second kappa shape index (κ2) is 9.69. The fourth-order valence-corrected chi connectivity index (χ4v) is 4.88. The van der Waals surface area contributed by atoms with E-state index in [1.165, 1.54) is 18.4 Å². The molecule has 0 spiro atoms. The molecule has 0 radical (unpaired) electrons. The standard InChI is InChI=1S/C28H30N4O2/c1-32-15-12-20(13-16-32)19-7-9-22(10-8-19)30-28-27-21(11-14-29-25(27)18-33)17-24(31-28)23-5-3-4-6-26(23)34-2/h3-11,14,17-18,20,25,29H,12-13,15-16H2,1-2H3,(H,30,31). The highest BCUT2D eigenvalue weighted by atomic mass is 16.5. The second-order valence-electron chi connectivity index (χ2n) is 9.00. The zero-order chi connectivity index (χ0) is 23.5. The number of aldehydes is 1. The van der Waals surface area contributed by atoms with Crippen LogP contribution >= 0.6 is 0 Å². The maximum atomic E-state index is 11.9. The molecular formula is C28H30N4O2. The molecule has 1 aromatic heterocycles. The first kappa shape index (κ1) is 22.2. The van der Waals surface area contributed by atoms with Crippen molar-refractivity contribution in [2.24, 2.45) is 0 Å². The lowest BCUT2D eigenvalue weighted by atomic mass is 9.89. The maximum Gasteiger partial charge on any atom is 0.146 e. The van der Waals surface area contributed by atoms with Crippen molar-refractivity contribution in [2.75, 3.05) is 32.6 Å². The summed E-state index contributed by atoms with van der Waals surface area (Å²) in [5.41, 5.74) is 5.82. The average molecular weight is 455 g/mol. The summed E-state index contributed by atoms with van der Waals surface area (Å²) in [5, 5.41) is 6.62. The van der Waals surface area contributed by atoms with Gasteiger partial charge in [0.2, 0.25) is 0 Å². The van der Waals surface area contributed by atoms with Crippen LogP contribution in [-0.2, 0) is 4.79 Å². The first-order valence-corrected chi connectivity index (χ1v) is 11.8. The molecule has 6 heteroatoms. The van der Waals surface area contributed by atoms with Crippen LogP contribution in [-0.4, -0.2) is 43.4 Å². The van der Waals surface area contributed by atoms with Crippen molar-refractivity contribution < 1.29 is 9.53 Å². The fourth-order valence-electron chi connectivity index (χ4n) is 4.88. The number of aromatic nitrogens is 1. The Balaban J connectivity index is 1.50. The van der Waals surface area contributed by atoms with E-state index in [0.717, 1.165) is 53.2 Å². The van der Waals surface area contributed by atoms with Crippen molar-refractivity contribution in [1.29, 1.82) is 0 Å². The number of methoxy groups -OCH3 is 1. The van der Waals surface area contributed by atoms with Crippen molar-refractivity contribution in [3.05, 3.63) is 77.5 Å². The lowest BCUT2D eigenvalue weighted by Gasteiger charge is -2.29. The number of likely N-dealkylation sites (tertiary alicyclic amines) is 1. The molecule has 0 bridgehead atoms. The number of benzene rings is 2. The van der Waals surface area contributed by atoms with Gasteiger partial charge in [-0.3, -0.25) is 0 Å². The van der Waals surface area contributed by atoms with Crippen LogP contribution in [0.5, 0.6) is 5.75 Å². The molecule has 2 aromatic carbocycles. The van der Waals surface area contributed by atoms with Crippen LogP contribution < -0.4 is 15.4 Å². The summed E-state index contributed by atoms with van der Waals surface area (Å²) in [6.45, 7) is 2.29. The van der Waals surface area contributed by atoms with Gasteiger partial charge in [0.1, 0.15) is 23.9 Å². The molecule has 1 unspecified atom stereocenters. The monoisotopic (exact) mass is 454 g/mol. The van der Waals surface area contributed by atoms with Crippen LogP contribution in [0.2, 0.25) is 0 Å². The fraction of sp³-hybridized carbons (Fsp3) is 0.286. The summed E-state index contributed by atoms with van der Waals surface area (Å²) in [7, 11) is 3.85. The van der Waals surface area contributed by atoms with Crippen LogP contribution in [0.25, 0.3) is 17.3 Å². The number of hydrogen-bond acceptors (Lipinski definition) is 6. The van der Waals surface area contributed by atoms with Gasteiger partial charge in [-0.05, 0) is 92.6 Å². The number of nitrogens with one attached hydrogen (secondary N) is 2. The molecule has 34 heavy (non-hydrogen) atoms. The number of hydrogen-bond donors (Lipinski definition) is 2. The third kappa shape index (κ3) is 4.41. The minimum atomic E-state index is -0.458. The molecule has 2 N–H and O–H groups in total. The summed E-state index contributed by atoms with van der Waals surface area (Å²) < 4.78 is 5.57. The van der Waals surface area contributed by atoms with E-state index in [1.807, 2.05) is 42.6 Å². The Kier molecular flexibility index (Phi) is 6.32. The van der Waals surface area contributed by atoms with Gasteiger partial charge in [0, 0.05) is 16.8 Å². The molecule has 0 aliphatic carbocycles. The minimum absolute atomic E-state index is 0.458. The normalized spacial score (nSPS) is 18.1. The number of carbonyl (C=O) groups excluding carboxylic acids is 1. The van der Waals surface area contributed by atoms with Gasteiger partial charge in [-0.1, -0.05) is 24.3 Å². The number of pyridine rings is 1. The molecule has 2 aliphatic rings. The molecule has 174 valence electrons. The van der Waals surface area contributed by atoms with Crippen molar-refractivity contribution in [3.8, 4) is 17.0 Å². The highest BCUT2D eigenvalue weighted by Gasteiger charge is 2.24. The molecule has 2 aliphatic heterocycles. The predicted molar refractivity (Wildman–Crippen MR) is 136 cm³/mol. The predicted octanol–water partition coefficient (Wildman–Crippen LogP) is 5.12. The lowest BCUT2D eigenvalue weighted by Crippen LogP contribution is -2.29. The quantitative estimate of drug-likeness (QED) is 0.504. The number of fused-ring (bicyclic) bond motifs is 1. The number of rotatable bonds is 6. The summed E-state index contributed by atoms with van der Waals surface area (Å²) in [5.74, 6) is 2.03. The molecule has 1 saturated heterocycles. The lowest BCUT2D eigenvalue weighted by molar-refractivity contribution is -0.109. The van der Waals surface area contributed by atoms with Crippen LogP contribution in [0, 0.1) is 0 Å². The first-order chi connectivity index (χ1) is 16.7. The molecule has 1 atom stereocenters. The van der Waals surface area contributed by atoms with Gasteiger partial charge in [-0.2, -0.15) is 0 Å². The Hall–Kier alpha value is -3.64. The number of carbonyl (C=O) groups is 1. The SMILES string of the molecule is COc1ccccc1-c1cc2c(c(Nc3ccc(C4CCN(C)CC4)cc3)n1)C(C=O)NC=C2. The van der Waals surface area contributed by atoms with Gasteiger partial charge in [0.25, 0.3) is 0 Å². The zero-order valence-electron chi connectivity index (χ0n) is 19.6. The Morgan fingerprint density at radius 2 is 1.88 bits per heavy atom. The smallest absolute Gasteiger partial charge is 0.146 e. The van der Waals surface area contributed by atoms with Gasteiger partial charge in [0.15, 0.2) is 0 Å². The molecule has 1 fully saturated rings. The number of nitrogens with zero attached hydrogens (tertiary/aromatic N) is 2. The molecule has 5 rings (SSSR count). The van der Waals surface area contributed by atoms with E-state index >= 15 is 0 Å². The van der Waals surface area contributed by atoms with Crippen molar-refractivity contribution in [2.45, 2.75) is 24.8 Å². The van der Waals surface area contributed by atoms with E-state index in [1.54, 1.807) is 7.11 Å². The highest BCUT2D eigenvalue weighted by molar-refractivity contribution is 5.81. The van der Waals surface area contributed by atoms with E-state index in [0.29, 0.717) is 11.7 Å². The average Bonchev–Trinajstić information content (AvgIpc) is 2.89. The van der Waals surface area contributed by atoms with E-state index in [-0.39, 0.29) is 0 Å². The Labute approximate surface area is 200 Å². The summed E-state index contributed by atoms with van der Waals surface area (Å²) in [6.07, 6.45) is 7.09. The molecule has 0 amide bonds. The Morgan fingerprint density at radius 1 is 1.12 bits per heavy atom. The molecule has 0 saturated carbocycles. The molecular weight excluding hydrogens is 424 g/mol. The third-order valence-electron chi connectivity index (χ3n) is 6.82. The zero-order valence-corrected chi connectivity index (χ0v) is 19.6. The van der Waals surface area contributed by atoms with Gasteiger partial charge >= 0.3 is 0 Å². The number of anilines is 2. The van der Waals surface area contributed by atoms with Crippen LogP contribution in [0.15, 0.2) is 60.8 Å². The molecule has 3 aromatic rings. The van der Waals surface area contributed by atoms with Crippen molar-refractivity contribution >= 4 is 23.9 Å². The second-order valence-corrected chi connectivity index (χ2v) is 9.00. The number of para-hydroxylation sites is 1. The maximum absolute atomic E-state index is 11.9. The topological polar surface area (TPSA) is 66.5 Å². The van der Waals surface area contributed by atoms with E-state index in [2.05, 4.69) is 46.8 Å². The van der Waals surface area contributed by atoms with Gasteiger partial charge in [-0.25, -0.2) is 4.98 Å². The van der Waals surface area contributed by atoms with Crippen molar-refractivity contribution in [1.82, 2.24) is 15.2 Å². The van der Waals surface area contributed by atoms with Gasteiger partial charge in [-0.15, -0.1) is 0 Å². The van der Waals surface area contributed by atoms with E-state index in [4.69, 9.17) is 9.72 Å².